The predicted octanol–water partition coefficient (Wildman–Crippen LogP) is 8.52. The van der Waals surface area contributed by atoms with Gasteiger partial charge in [0.05, 0.1) is 0 Å². The van der Waals surface area contributed by atoms with Crippen molar-refractivity contribution in [2.45, 2.75) is 0 Å². The Morgan fingerprint density at radius 2 is 1.25 bits per heavy atom. The van der Waals surface area contributed by atoms with E-state index in [2.05, 4.69) is 30.4 Å². The summed E-state index contributed by atoms with van der Waals surface area (Å²) in [6.45, 7) is 0. The number of aromatic nitrogens is 2. The van der Waals surface area contributed by atoms with E-state index in [1.807, 2.05) is 6.07 Å². The summed E-state index contributed by atoms with van der Waals surface area (Å²) >= 11 is 0. The van der Waals surface area contributed by atoms with E-state index in [-0.39, 0.29) is 22.9 Å². The van der Waals surface area contributed by atoms with E-state index >= 15 is 0 Å². The summed E-state index contributed by atoms with van der Waals surface area (Å²) in [7, 11) is 0. The van der Waals surface area contributed by atoms with E-state index in [0.29, 0.717) is 45.0 Å². The minimum absolute atomic E-state index is 0.119. The minimum Gasteiger partial charge on any atom is -0.508 e. The number of fused-ring (bicyclic) bond motifs is 2. The maximum absolute atomic E-state index is 10.6. The zero-order valence-corrected chi connectivity index (χ0v) is 20.7. The Hall–Kier alpha value is -5.90. The number of azo groups is 2. The van der Waals surface area contributed by atoms with Gasteiger partial charge in [-0.05, 0) is 72.1 Å². The zero-order chi connectivity index (χ0) is 27.5. The van der Waals surface area contributed by atoms with Crippen LogP contribution in [0.5, 0.6) is 28.7 Å². The molecule has 0 atom stereocenters. The van der Waals surface area contributed by atoms with Crippen LogP contribution in [-0.4, -0.2) is 25.3 Å². The van der Waals surface area contributed by atoms with Gasteiger partial charge in [0.2, 0.25) is 0 Å². The highest BCUT2D eigenvalue weighted by Crippen LogP contribution is 2.45. The Balaban J connectivity index is 1.44. The summed E-state index contributed by atoms with van der Waals surface area (Å²) in [5, 5.41) is 50.3. The quantitative estimate of drug-likeness (QED) is 0.185. The number of phenols is 3. The molecule has 6 rings (SSSR count). The first-order chi connectivity index (χ1) is 19.5. The van der Waals surface area contributed by atoms with Crippen LogP contribution in [0, 0.1) is 0 Å². The summed E-state index contributed by atoms with van der Waals surface area (Å²) < 4.78 is 6.26. The molecule has 0 saturated heterocycles. The van der Waals surface area contributed by atoms with Crippen molar-refractivity contribution in [3.63, 3.8) is 0 Å². The molecule has 0 fully saturated rings. The van der Waals surface area contributed by atoms with E-state index < -0.39 is 0 Å². The molecule has 2 heterocycles. The van der Waals surface area contributed by atoms with Gasteiger partial charge in [-0.1, -0.05) is 18.2 Å². The van der Waals surface area contributed by atoms with Crippen LogP contribution in [0.25, 0.3) is 21.5 Å². The van der Waals surface area contributed by atoms with Crippen LogP contribution in [0.15, 0.2) is 124 Å². The average Bonchev–Trinajstić information content (AvgIpc) is 2.97. The molecule has 6 aromatic rings. The van der Waals surface area contributed by atoms with Crippen LogP contribution in [0.1, 0.15) is 0 Å². The second kappa shape index (κ2) is 10.5. The number of nitrogens with zero attached hydrogens (tertiary/aromatic N) is 6. The van der Waals surface area contributed by atoms with Gasteiger partial charge in [-0.3, -0.25) is 0 Å². The summed E-state index contributed by atoms with van der Waals surface area (Å²) in [4.78, 5) is 8.31. The number of aromatic hydroxyl groups is 3. The first-order valence-electron chi connectivity index (χ1n) is 12.1. The van der Waals surface area contributed by atoms with Gasteiger partial charge in [-0.2, -0.15) is 0 Å². The number of pyridine rings is 2. The van der Waals surface area contributed by atoms with E-state index in [1.165, 1.54) is 6.07 Å². The summed E-state index contributed by atoms with van der Waals surface area (Å²) in [5.74, 6) is 1.31. The van der Waals surface area contributed by atoms with Crippen molar-refractivity contribution in [1.29, 1.82) is 0 Å². The SMILES string of the molecule is Oc1ccc2c(/N=N/c3ccccn3)c(Oc3ccc4c(O)cc(O)c(/N=N/c5ccccn5)c4c3)ccc2c1. The summed E-state index contributed by atoms with van der Waals surface area (Å²) in [5.41, 5.74) is 0.574. The number of rotatable bonds is 6. The molecule has 10 nitrogen and oxygen atoms in total. The van der Waals surface area contributed by atoms with Crippen LogP contribution < -0.4 is 4.74 Å². The standard InChI is InChI=1S/C30H20N6O4/c37-19-8-10-21-18(15-19)7-12-26(30(21)36-34-28-6-2-4-14-32-28)40-20-9-11-22-23(16-20)29(25(39)17-24(22)38)35-33-27-5-1-3-13-31-27/h1-17,37-39H/b35-33+,36-34+. The molecule has 0 spiro atoms. The highest BCUT2D eigenvalue weighted by atomic mass is 16.5. The molecule has 40 heavy (non-hydrogen) atoms. The Bertz CT molecular complexity index is 1910. The highest BCUT2D eigenvalue weighted by Gasteiger charge is 2.15. The molecule has 194 valence electrons. The number of hydrogen-bond donors (Lipinski definition) is 3. The predicted molar refractivity (Wildman–Crippen MR) is 150 cm³/mol. The molecule has 0 saturated carbocycles. The lowest BCUT2D eigenvalue weighted by Gasteiger charge is -2.13. The maximum atomic E-state index is 10.6. The molecule has 0 bridgehead atoms. The third-order valence-electron chi connectivity index (χ3n) is 6.01. The lowest BCUT2D eigenvalue weighted by molar-refractivity contribution is 0.455. The first-order valence-corrected chi connectivity index (χ1v) is 12.1. The highest BCUT2D eigenvalue weighted by molar-refractivity contribution is 6.00. The molecule has 0 aliphatic rings. The van der Waals surface area contributed by atoms with Gasteiger partial charge in [-0.15, -0.1) is 20.5 Å². The van der Waals surface area contributed by atoms with Crippen molar-refractivity contribution in [2.24, 2.45) is 20.5 Å². The van der Waals surface area contributed by atoms with Crippen LogP contribution in [0.3, 0.4) is 0 Å². The minimum atomic E-state index is -0.253. The Labute approximate surface area is 227 Å². The van der Waals surface area contributed by atoms with Gasteiger partial charge in [0.1, 0.15) is 34.4 Å². The number of phenolic OH excluding ortho intramolecular Hbond substituents is 3. The number of benzene rings is 4. The topological polar surface area (TPSA) is 145 Å². The van der Waals surface area contributed by atoms with Crippen molar-refractivity contribution in [3.8, 4) is 28.7 Å². The second-order valence-electron chi connectivity index (χ2n) is 8.67. The van der Waals surface area contributed by atoms with Gasteiger partial charge >= 0.3 is 0 Å². The van der Waals surface area contributed by atoms with E-state index in [9.17, 15) is 15.3 Å². The second-order valence-corrected chi connectivity index (χ2v) is 8.67. The Kier molecular flexibility index (Phi) is 6.39. The van der Waals surface area contributed by atoms with Crippen molar-refractivity contribution in [1.82, 2.24) is 9.97 Å². The summed E-state index contributed by atoms with van der Waals surface area (Å²) in [6, 6.07) is 25.2. The van der Waals surface area contributed by atoms with Crippen molar-refractivity contribution >= 4 is 44.6 Å². The third-order valence-corrected chi connectivity index (χ3v) is 6.01. The fraction of sp³-hybridized carbons (Fsp3) is 0. The molecule has 0 unspecified atom stereocenters. The van der Waals surface area contributed by atoms with Crippen molar-refractivity contribution in [2.75, 3.05) is 0 Å². The van der Waals surface area contributed by atoms with Crippen LogP contribution in [-0.2, 0) is 0 Å². The fourth-order valence-electron chi connectivity index (χ4n) is 4.15. The number of hydrogen-bond acceptors (Lipinski definition) is 10. The molecule has 0 radical (unpaired) electrons. The van der Waals surface area contributed by atoms with Crippen molar-refractivity contribution in [3.05, 3.63) is 103 Å². The monoisotopic (exact) mass is 528 g/mol. The maximum Gasteiger partial charge on any atom is 0.174 e. The largest absolute Gasteiger partial charge is 0.508 e. The van der Waals surface area contributed by atoms with Gasteiger partial charge < -0.3 is 20.1 Å². The Morgan fingerprint density at radius 3 is 1.95 bits per heavy atom. The van der Waals surface area contributed by atoms with Crippen LogP contribution >= 0.6 is 0 Å². The van der Waals surface area contributed by atoms with Crippen LogP contribution in [0.4, 0.5) is 23.0 Å². The normalized spacial score (nSPS) is 11.6. The summed E-state index contributed by atoms with van der Waals surface area (Å²) in [6.07, 6.45) is 3.21. The zero-order valence-electron chi connectivity index (χ0n) is 20.7. The first kappa shape index (κ1) is 24.4. The smallest absolute Gasteiger partial charge is 0.174 e. The van der Waals surface area contributed by atoms with Gasteiger partial charge in [-0.25, -0.2) is 9.97 Å². The lowest BCUT2D eigenvalue weighted by Crippen LogP contribution is -1.87. The molecule has 10 heteroatoms. The number of ether oxygens (including phenoxy) is 1. The van der Waals surface area contributed by atoms with Crippen LogP contribution in [0.2, 0.25) is 0 Å². The molecule has 2 aromatic heterocycles. The molecule has 0 amide bonds. The molecular weight excluding hydrogens is 508 g/mol. The van der Waals surface area contributed by atoms with Crippen molar-refractivity contribution < 1.29 is 20.1 Å². The molecule has 4 aromatic carbocycles. The van der Waals surface area contributed by atoms with Gasteiger partial charge in [0.25, 0.3) is 0 Å². The third kappa shape index (κ3) is 4.96. The van der Waals surface area contributed by atoms with E-state index in [0.717, 1.165) is 5.39 Å². The fourth-order valence-corrected chi connectivity index (χ4v) is 4.15. The molecule has 3 N–H and O–H groups in total. The van der Waals surface area contributed by atoms with Gasteiger partial charge in [0, 0.05) is 34.6 Å². The lowest BCUT2D eigenvalue weighted by atomic mass is 10.1. The molecular formula is C30H20N6O4. The van der Waals surface area contributed by atoms with E-state index in [1.54, 1.807) is 91.3 Å². The average molecular weight is 529 g/mol. The van der Waals surface area contributed by atoms with E-state index in [4.69, 9.17) is 4.74 Å². The molecule has 0 aliphatic carbocycles. The Morgan fingerprint density at radius 1 is 0.550 bits per heavy atom. The molecule has 0 aliphatic heterocycles. The van der Waals surface area contributed by atoms with Gasteiger partial charge in [0.15, 0.2) is 17.4 Å².